The highest BCUT2D eigenvalue weighted by Gasteiger charge is 2.44. The molecular formula is C50H74BrClN4O6Si2. The molecule has 0 unspecified atom stereocenters. The molecule has 2 aliphatic rings. The zero-order chi connectivity index (χ0) is 44.9. The summed E-state index contributed by atoms with van der Waals surface area (Å²) in [5.41, 5.74) is 13.2. The van der Waals surface area contributed by atoms with Gasteiger partial charge in [0, 0.05) is 50.0 Å². The van der Waals surface area contributed by atoms with Crippen LogP contribution in [0.5, 0.6) is 0 Å². The molecule has 0 amide bonds. The molecule has 0 aliphatic carbocycles. The minimum absolute atomic E-state index is 0. The van der Waals surface area contributed by atoms with Gasteiger partial charge in [0.25, 0.3) is 0 Å². The standard InChI is InChI=1S/2C25H37N2O3Si.BrH.ClH/c2*1-7-28-31(29-8-2,30-9-3)24-12-10-23(11-13-24)18-26-14-15-27(19-26)25-21(5)16-20(4)17-22(25)6;;/h2*10-13,16-17,19H,7-9,14-15,18H2,1-6H3;2*1H/q2*+1;;/p-2. The van der Waals surface area contributed by atoms with Crippen molar-refractivity contribution < 1.29 is 65.1 Å². The summed E-state index contributed by atoms with van der Waals surface area (Å²) in [4.78, 5) is 4.77. The number of anilines is 2. The second kappa shape index (κ2) is 26.2. The van der Waals surface area contributed by atoms with Gasteiger partial charge in [-0.2, -0.15) is 0 Å². The number of benzene rings is 4. The Morgan fingerprint density at radius 2 is 0.719 bits per heavy atom. The Hall–Kier alpha value is -3.22. The van der Waals surface area contributed by atoms with E-state index in [0.717, 1.165) is 49.6 Å². The number of aryl methyl sites for hydroxylation is 6. The summed E-state index contributed by atoms with van der Waals surface area (Å²) in [5.74, 6) is 0. The van der Waals surface area contributed by atoms with E-state index in [9.17, 15) is 0 Å². The van der Waals surface area contributed by atoms with Crippen LogP contribution in [0.2, 0.25) is 0 Å². The Morgan fingerprint density at radius 1 is 0.453 bits per heavy atom. The van der Waals surface area contributed by atoms with E-state index >= 15 is 0 Å². The first kappa shape index (κ1) is 55.1. The van der Waals surface area contributed by atoms with Gasteiger partial charge in [0.2, 0.25) is 12.7 Å². The van der Waals surface area contributed by atoms with Gasteiger partial charge in [0.15, 0.2) is 0 Å². The van der Waals surface area contributed by atoms with Crippen LogP contribution in [-0.4, -0.2) is 105 Å². The first-order valence-electron chi connectivity index (χ1n) is 22.7. The van der Waals surface area contributed by atoms with Crippen molar-refractivity contribution >= 4 is 52.0 Å². The molecule has 0 saturated heterocycles. The topological polar surface area (TPSA) is 67.9 Å². The van der Waals surface area contributed by atoms with Crippen molar-refractivity contribution in [1.29, 1.82) is 0 Å². The molecule has 4 aromatic rings. The zero-order valence-electron chi connectivity index (χ0n) is 40.6. The van der Waals surface area contributed by atoms with Crippen LogP contribution in [0.4, 0.5) is 11.4 Å². The summed E-state index contributed by atoms with van der Waals surface area (Å²) >= 11 is 0. The van der Waals surface area contributed by atoms with E-state index in [1.165, 1.54) is 55.9 Å². The van der Waals surface area contributed by atoms with Crippen molar-refractivity contribution in [2.75, 3.05) is 75.6 Å². The molecule has 0 aromatic heterocycles. The predicted octanol–water partition coefficient (Wildman–Crippen LogP) is 1.86. The Bertz CT molecular complexity index is 1910. The monoisotopic (exact) mass is 996 g/mol. The Labute approximate surface area is 404 Å². The normalized spacial score (nSPS) is 13.8. The van der Waals surface area contributed by atoms with Gasteiger partial charge in [-0.1, -0.05) is 83.9 Å². The molecule has 10 nitrogen and oxygen atoms in total. The molecule has 0 radical (unpaired) electrons. The quantitative estimate of drug-likeness (QED) is 0.0985. The van der Waals surface area contributed by atoms with Crippen LogP contribution in [0.25, 0.3) is 0 Å². The average Bonchev–Trinajstić information content (AvgIpc) is 3.88. The van der Waals surface area contributed by atoms with Crippen LogP contribution in [0.15, 0.2) is 72.8 Å². The molecule has 2 heterocycles. The highest BCUT2D eigenvalue weighted by molar-refractivity contribution is 6.75. The van der Waals surface area contributed by atoms with E-state index in [0.29, 0.717) is 39.6 Å². The fourth-order valence-electron chi connectivity index (χ4n) is 8.91. The summed E-state index contributed by atoms with van der Waals surface area (Å²) in [6.07, 6.45) is 4.52. The molecule has 0 saturated carbocycles. The molecule has 0 bridgehead atoms. The van der Waals surface area contributed by atoms with Crippen molar-refractivity contribution in [2.24, 2.45) is 0 Å². The maximum Gasteiger partial charge on any atom is 0.537 e. The van der Waals surface area contributed by atoms with Gasteiger partial charge in [-0.25, -0.2) is 9.80 Å². The smallest absolute Gasteiger partial charge is 0.537 e. The lowest BCUT2D eigenvalue weighted by Gasteiger charge is -2.28. The van der Waals surface area contributed by atoms with Gasteiger partial charge in [0.1, 0.15) is 50.6 Å². The van der Waals surface area contributed by atoms with Crippen molar-refractivity contribution in [2.45, 2.75) is 96.2 Å². The maximum absolute atomic E-state index is 6.03. The Balaban J connectivity index is 0.000000330. The second-order valence-electron chi connectivity index (χ2n) is 16.2. The van der Waals surface area contributed by atoms with Gasteiger partial charge in [-0.15, -0.1) is 0 Å². The van der Waals surface area contributed by atoms with Gasteiger partial charge in [-0.3, -0.25) is 9.15 Å². The van der Waals surface area contributed by atoms with Crippen LogP contribution < -0.4 is 49.6 Å². The molecular weight excluding hydrogens is 924 g/mol. The SMILES string of the molecule is CCO[Si](OCC)(OCC)c1ccc(C[N+]2=CN(c3c(C)cc(C)cc3C)CC2)cc1.CCO[Si](OCC)(OCC)c1ccc(C[N+]2=CN(c3c(C)cc(C)cc3C)CC2)cc1.[Br-].[Cl-]. The van der Waals surface area contributed by atoms with E-state index in [-0.39, 0.29) is 29.4 Å². The fourth-order valence-corrected chi connectivity index (χ4v) is 13.8. The third kappa shape index (κ3) is 13.9. The number of hydrogen-bond acceptors (Lipinski definition) is 8. The van der Waals surface area contributed by atoms with Crippen LogP contribution in [-0.2, 0) is 39.6 Å². The summed E-state index contributed by atoms with van der Waals surface area (Å²) in [7, 11) is -5.68. The Morgan fingerprint density at radius 3 is 0.969 bits per heavy atom. The molecule has 4 aromatic carbocycles. The largest absolute Gasteiger partial charge is 1.00 e. The third-order valence-electron chi connectivity index (χ3n) is 11.1. The van der Waals surface area contributed by atoms with E-state index in [2.05, 4.69) is 146 Å². The van der Waals surface area contributed by atoms with Gasteiger partial charge in [0.05, 0.1) is 0 Å². The van der Waals surface area contributed by atoms with Crippen molar-refractivity contribution in [3.63, 3.8) is 0 Å². The molecule has 0 spiro atoms. The first-order valence-corrected chi connectivity index (χ1v) is 26.2. The van der Waals surface area contributed by atoms with Crippen LogP contribution in [0.3, 0.4) is 0 Å². The molecule has 0 fully saturated rings. The summed E-state index contributed by atoms with van der Waals surface area (Å²) in [5, 5.41) is 2.06. The van der Waals surface area contributed by atoms with Crippen molar-refractivity contribution in [1.82, 2.24) is 0 Å². The summed E-state index contributed by atoms with van der Waals surface area (Å²) < 4.78 is 41.0. The lowest BCUT2D eigenvalue weighted by molar-refractivity contribution is -0.530. The second-order valence-corrected chi connectivity index (χ2v) is 21.3. The summed E-state index contributed by atoms with van der Waals surface area (Å²) in [6, 6.07) is 26.2. The number of rotatable bonds is 20. The molecule has 0 atom stereocenters. The first-order chi connectivity index (χ1) is 29.8. The number of nitrogens with zero attached hydrogens (tertiary/aromatic N) is 4. The van der Waals surface area contributed by atoms with E-state index in [4.69, 9.17) is 26.6 Å². The highest BCUT2D eigenvalue weighted by atomic mass is 79.9. The van der Waals surface area contributed by atoms with Gasteiger partial charge < -0.3 is 55.9 Å². The maximum atomic E-state index is 6.03. The molecule has 14 heteroatoms. The highest BCUT2D eigenvalue weighted by Crippen LogP contribution is 2.28. The lowest BCUT2D eigenvalue weighted by atomic mass is 10.0. The van der Waals surface area contributed by atoms with E-state index < -0.39 is 17.6 Å². The molecule has 0 N–H and O–H groups in total. The zero-order valence-corrected chi connectivity index (χ0v) is 44.9. The van der Waals surface area contributed by atoms with Crippen LogP contribution in [0.1, 0.15) is 86.1 Å². The Kier molecular flexibility index (Phi) is 22.6. The number of hydrogen-bond donors (Lipinski definition) is 0. The fraction of sp³-hybridized carbons (Fsp3) is 0.480. The number of halogens is 2. The van der Waals surface area contributed by atoms with Crippen molar-refractivity contribution in [3.8, 4) is 0 Å². The van der Waals surface area contributed by atoms with E-state index in [1.807, 2.05) is 41.5 Å². The van der Waals surface area contributed by atoms with Crippen LogP contribution in [0, 0.1) is 41.5 Å². The van der Waals surface area contributed by atoms with Gasteiger partial charge in [-0.05, 0) is 116 Å². The molecule has 64 heavy (non-hydrogen) atoms. The molecule has 6 rings (SSSR count). The van der Waals surface area contributed by atoms with Crippen LogP contribution >= 0.6 is 0 Å². The van der Waals surface area contributed by atoms with Crippen molar-refractivity contribution in [3.05, 3.63) is 117 Å². The summed E-state index contributed by atoms with van der Waals surface area (Å²) in [6.45, 7) is 34.3. The minimum atomic E-state index is -2.84. The third-order valence-corrected chi connectivity index (χ3v) is 17.2. The molecule has 2 aliphatic heterocycles. The average molecular weight is 999 g/mol. The molecule has 352 valence electrons. The minimum Gasteiger partial charge on any atom is -1.00 e. The van der Waals surface area contributed by atoms with Gasteiger partial charge >= 0.3 is 17.6 Å². The predicted molar refractivity (Wildman–Crippen MR) is 259 cm³/mol. The lowest BCUT2D eigenvalue weighted by Crippen LogP contribution is -3.00. The van der Waals surface area contributed by atoms with E-state index in [1.54, 1.807) is 0 Å².